The molecule has 0 aromatic heterocycles. The van der Waals surface area contributed by atoms with Crippen LogP contribution < -0.4 is 11.5 Å². The van der Waals surface area contributed by atoms with Gasteiger partial charge < -0.3 is 11.5 Å². The first-order valence-corrected chi connectivity index (χ1v) is 4.74. The van der Waals surface area contributed by atoms with Crippen molar-refractivity contribution in [2.75, 3.05) is 0 Å². The molecule has 0 aromatic rings. The van der Waals surface area contributed by atoms with Crippen LogP contribution in [0.5, 0.6) is 0 Å². The Labute approximate surface area is 73.7 Å². The summed E-state index contributed by atoms with van der Waals surface area (Å²) in [6.45, 7) is 0. The van der Waals surface area contributed by atoms with E-state index in [-0.39, 0.29) is 11.1 Å². The van der Waals surface area contributed by atoms with Gasteiger partial charge in [-0.2, -0.15) is 0 Å². The average Bonchev–Trinajstić information content (AvgIpc) is 2.60. The van der Waals surface area contributed by atoms with E-state index >= 15 is 0 Å². The van der Waals surface area contributed by atoms with Crippen molar-refractivity contribution in [2.24, 2.45) is 11.5 Å². The summed E-state index contributed by atoms with van der Waals surface area (Å²) in [6.07, 6.45) is 6.66. The van der Waals surface area contributed by atoms with Crippen LogP contribution in [0.4, 0.5) is 0 Å². The van der Waals surface area contributed by atoms with Crippen molar-refractivity contribution in [2.45, 2.75) is 49.6 Å². The van der Waals surface area contributed by atoms with E-state index in [1.165, 1.54) is 12.8 Å². The zero-order valence-corrected chi connectivity index (χ0v) is 7.40. The third kappa shape index (κ3) is 1.63. The first kappa shape index (κ1) is 8.10. The predicted molar refractivity (Wildman–Crippen MR) is 49.3 cm³/mol. The van der Waals surface area contributed by atoms with E-state index in [2.05, 4.69) is 11.8 Å². The topological polar surface area (TPSA) is 52.0 Å². The van der Waals surface area contributed by atoms with E-state index in [0.717, 1.165) is 25.7 Å². The molecule has 66 valence electrons. The number of nitrogens with two attached hydrogens (primary N) is 2. The molecule has 0 atom stereocenters. The van der Waals surface area contributed by atoms with Crippen LogP contribution in [-0.2, 0) is 0 Å². The smallest absolute Gasteiger partial charge is 0.0778 e. The van der Waals surface area contributed by atoms with Crippen LogP contribution in [0.1, 0.15) is 38.5 Å². The first-order chi connectivity index (χ1) is 5.62. The minimum Gasteiger partial charge on any atom is -0.315 e. The monoisotopic (exact) mass is 164 g/mol. The lowest BCUT2D eigenvalue weighted by molar-refractivity contribution is 0.570. The van der Waals surface area contributed by atoms with Crippen LogP contribution in [0.3, 0.4) is 0 Å². The third-order valence-electron chi connectivity index (χ3n) is 2.84. The molecule has 0 amide bonds. The van der Waals surface area contributed by atoms with E-state index in [1.807, 2.05) is 0 Å². The van der Waals surface area contributed by atoms with Crippen LogP contribution >= 0.6 is 0 Å². The molecule has 0 saturated heterocycles. The zero-order valence-electron chi connectivity index (χ0n) is 7.40. The van der Waals surface area contributed by atoms with Gasteiger partial charge in [0.1, 0.15) is 0 Å². The molecule has 2 heteroatoms. The Hall–Kier alpha value is -0.520. The molecule has 0 heterocycles. The van der Waals surface area contributed by atoms with Gasteiger partial charge in [0.15, 0.2) is 0 Å². The fraction of sp³-hybridized carbons (Fsp3) is 0.800. The highest BCUT2D eigenvalue weighted by molar-refractivity contribution is 5.30. The number of hydrogen-bond donors (Lipinski definition) is 2. The second-order valence-corrected chi connectivity index (χ2v) is 4.27. The lowest BCUT2D eigenvalue weighted by atomic mass is 9.99. The van der Waals surface area contributed by atoms with E-state index in [0.29, 0.717) is 0 Å². The molecule has 4 N–H and O–H groups in total. The van der Waals surface area contributed by atoms with Gasteiger partial charge in [0.05, 0.1) is 11.1 Å². The fourth-order valence-electron chi connectivity index (χ4n) is 1.64. The van der Waals surface area contributed by atoms with Crippen molar-refractivity contribution in [3.05, 3.63) is 0 Å². The minimum absolute atomic E-state index is 0.158. The maximum Gasteiger partial charge on any atom is 0.0778 e. The molecule has 0 unspecified atom stereocenters. The molecular formula is C10H16N2. The quantitative estimate of drug-likeness (QED) is 0.519. The molecule has 0 bridgehead atoms. The Balaban J connectivity index is 2.03. The summed E-state index contributed by atoms with van der Waals surface area (Å²) >= 11 is 0. The van der Waals surface area contributed by atoms with Gasteiger partial charge in [-0.1, -0.05) is 24.7 Å². The normalized spacial score (nSPS) is 29.2. The van der Waals surface area contributed by atoms with Crippen LogP contribution in [0.15, 0.2) is 0 Å². The van der Waals surface area contributed by atoms with Gasteiger partial charge in [-0.3, -0.25) is 0 Å². The zero-order chi connectivity index (χ0) is 8.66. The van der Waals surface area contributed by atoms with Gasteiger partial charge in [-0.25, -0.2) is 0 Å². The number of rotatable bonds is 0. The molecule has 2 fully saturated rings. The summed E-state index contributed by atoms with van der Waals surface area (Å²) in [6, 6.07) is 0. The van der Waals surface area contributed by atoms with E-state index in [9.17, 15) is 0 Å². The molecule has 2 rings (SSSR count). The second kappa shape index (κ2) is 2.48. The number of hydrogen-bond acceptors (Lipinski definition) is 2. The maximum absolute atomic E-state index is 6.06. The van der Waals surface area contributed by atoms with E-state index in [4.69, 9.17) is 11.5 Å². The first-order valence-electron chi connectivity index (χ1n) is 4.74. The Morgan fingerprint density at radius 2 is 1.17 bits per heavy atom. The highest BCUT2D eigenvalue weighted by Crippen LogP contribution is 2.32. The van der Waals surface area contributed by atoms with Crippen molar-refractivity contribution in [3.8, 4) is 11.8 Å². The van der Waals surface area contributed by atoms with Gasteiger partial charge in [0, 0.05) is 0 Å². The van der Waals surface area contributed by atoms with Crippen molar-refractivity contribution in [1.29, 1.82) is 0 Å². The highest BCUT2D eigenvalue weighted by atomic mass is 14.8. The van der Waals surface area contributed by atoms with Crippen molar-refractivity contribution in [1.82, 2.24) is 0 Å². The van der Waals surface area contributed by atoms with Crippen molar-refractivity contribution >= 4 is 0 Å². The van der Waals surface area contributed by atoms with Crippen LogP contribution in [0, 0.1) is 11.8 Å². The molecule has 2 nitrogen and oxygen atoms in total. The lowest BCUT2D eigenvalue weighted by Crippen LogP contribution is -2.35. The molecule has 12 heavy (non-hydrogen) atoms. The Morgan fingerprint density at radius 3 is 1.58 bits per heavy atom. The summed E-state index contributed by atoms with van der Waals surface area (Å²) in [7, 11) is 0. The standard InChI is InChI=1S/C10H16N2/c11-9(3-1-2-4-9)5-6-10(12)7-8-10/h1-4,7-8,11-12H2. The summed E-state index contributed by atoms with van der Waals surface area (Å²) in [5.41, 5.74) is 11.6. The molecule has 0 spiro atoms. The average molecular weight is 164 g/mol. The van der Waals surface area contributed by atoms with Gasteiger partial charge in [-0.05, 0) is 25.7 Å². The maximum atomic E-state index is 6.06. The molecule has 2 saturated carbocycles. The third-order valence-corrected chi connectivity index (χ3v) is 2.84. The minimum atomic E-state index is -0.199. The van der Waals surface area contributed by atoms with Gasteiger partial charge in [0.2, 0.25) is 0 Å². The Kier molecular flexibility index (Phi) is 1.67. The van der Waals surface area contributed by atoms with Crippen molar-refractivity contribution in [3.63, 3.8) is 0 Å². The Bertz CT molecular complexity index is 236. The van der Waals surface area contributed by atoms with Crippen LogP contribution in [-0.4, -0.2) is 11.1 Å². The SMILES string of the molecule is NC1(C#CC2(N)CC2)CCCC1. The van der Waals surface area contributed by atoms with Crippen LogP contribution in [0.25, 0.3) is 0 Å². The fourth-order valence-corrected chi connectivity index (χ4v) is 1.64. The van der Waals surface area contributed by atoms with Gasteiger partial charge >= 0.3 is 0 Å². The highest BCUT2D eigenvalue weighted by Gasteiger charge is 2.37. The molecule has 2 aliphatic rings. The summed E-state index contributed by atoms with van der Waals surface area (Å²) in [5, 5.41) is 0. The summed E-state index contributed by atoms with van der Waals surface area (Å²) in [4.78, 5) is 0. The van der Waals surface area contributed by atoms with Gasteiger partial charge in [-0.15, -0.1) is 0 Å². The summed E-state index contributed by atoms with van der Waals surface area (Å²) < 4.78 is 0. The molecule has 0 radical (unpaired) electrons. The summed E-state index contributed by atoms with van der Waals surface area (Å²) in [5.74, 6) is 6.28. The molecule has 2 aliphatic carbocycles. The molecule has 0 aromatic carbocycles. The lowest BCUT2D eigenvalue weighted by Gasteiger charge is -2.15. The molecule has 0 aliphatic heterocycles. The molecular weight excluding hydrogens is 148 g/mol. The van der Waals surface area contributed by atoms with Gasteiger partial charge in [0.25, 0.3) is 0 Å². The largest absolute Gasteiger partial charge is 0.315 e. The van der Waals surface area contributed by atoms with E-state index < -0.39 is 0 Å². The van der Waals surface area contributed by atoms with E-state index in [1.54, 1.807) is 0 Å². The Morgan fingerprint density at radius 1 is 0.750 bits per heavy atom. The second-order valence-electron chi connectivity index (χ2n) is 4.27. The predicted octanol–water partition coefficient (Wildman–Crippen LogP) is 0.753. The van der Waals surface area contributed by atoms with Crippen LogP contribution in [0.2, 0.25) is 0 Å². The van der Waals surface area contributed by atoms with Crippen molar-refractivity contribution < 1.29 is 0 Å².